The van der Waals surface area contributed by atoms with Crippen LogP contribution in [-0.2, 0) is 0 Å². The molecule has 3 rings (SSSR count). The molecule has 0 unspecified atom stereocenters. The molecule has 3 aromatic rings. The van der Waals surface area contributed by atoms with Gasteiger partial charge in [-0.3, -0.25) is 10.2 Å². The lowest BCUT2D eigenvalue weighted by Gasteiger charge is -2.09. The molecule has 0 saturated carbocycles. The van der Waals surface area contributed by atoms with Gasteiger partial charge in [-0.2, -0.15) is 4.98 Å². The average Bonchev–Trinajstić information content (AvgIpc) is 2.62. The summed E-state index contributed by atoms with van der Waals surface area (Å²) >= 11 is 0. The Balaban J connectivity index is 2.03. The van der Waals surface area contributed by atoms with Gasteiger partial charge in [0.1, 0.15) is 5.75 Å². The molecule has 2 aromatic carbocycles. The zero-order chi connectivity index (χ0) is 16.1. The average molecular weight is 306 g/mol. The lowest BCUT2D eigenvalue weighted by Crippen LogP contribution is -2.31. The molecule has 6 heteroatoms. The van der Waals surface area contributed by atoms with Crippen molar-refractivity contribution in [1.29, 1.82) is 0 Å². The van der Waals surface area contributed by atoms with Crippen molar-refractivity contribution < 1.29 is 9.53 Å². The predicted octanol–water partition coefficient (Wildman–Crippen LogP) is 2.54. The van der Waals surface area contributed by atoms with Gasteiger partial charge in [0.2, 0.25) is 11.7 Å². The van der Waals surface area contributed by atoms with Gasteiger partial charge in [0.15, 0.2) is 0 Å². The summed E-state index contributed by atoms with van der Waals surface area (Å²) < 4.78 is 5.70. The summed E-state index contributed by atoms with van der Waals surface area (Å²) in [6.07, 6.45) is 0. The maximum absolute atomic E-state index is 11.8. The topological polar surface area (TPSA) is 90.1 Å². The summed E-state index contributed by atoms with van der Waals surface area (Å²) in [6.45, 7) is 0. The quantitative estimate of drug-likeness (QED) is 0.439. The van der Waals surface area contributed by atoms with Gasteiger partial charge in [0, 0.05) is 11.6 Å². The van der Waals surface area contributed by atoms with Crippen molar-refractivity contribution >= 4 is 5.91 Å². The van der Waals surface area contributed by atoms with Gasteiger partial charge >= 0.3 is 5.91 Å². The lowest BCUT2D eigenvalue weighted by atomic mass is 10.1. The normalized spacial score (nSPS) is 10.1. The number of nitrogens with two attached hydrogens (primary N) is 1. The molecule has 6 nitrogen and oxygen atoms in total. The van der Waals surface area contributed by atoms with E-state index in [1.807, 2.05) is 54.0 Å². The minimum atomic E-state index is -0.583. The molecule has 0 aliphatic heterocycles. The molecule has 0 saturated heterocycles. The molecule has 3 N–H and O–H groups in total. The van der Waals surface area contributed by atoms with Crippen molar-refractivity contribution in [2.24, 2.45) is 5.84 Å². The van der Waals surface area contributed by atoms with E-state index in [0.29, 0.717) is 11.4 Å². The maximum Gasteiger partial charge on any atom is 0.303 e. The molecule has 0 atom stereocenters. The third-order valence-corrected chi connectivity index (χ3v) is 3.07. The van der Waals surface area contributed by atoms with E-state index in [1.165, 1.54) is 0 Å². The number of carbonyl (C=O) groups is 1. The van der Waals surface area contributed by atoms with Crippen LogP contribution in [0.4, 0.5) is 0 Å². The van der Waals surface area contributed by atoms with E-state index in [9.17, 15) is 4.79 Å². The first-order chi connectivity index (χ1) is 11.3. The van der Waals surface area contributed by atoms with Gasteiger partial charge in [-0.15, -0.1) is 0 Å². The van der Waals surface area contributed by atoms with E-state index < -0.39 is 5.91 Å². The van der Waals surface area contributed by atoms with Gasteiger partial charge in [-0.05, 0) is 12.1 Å². The summed E-state index contributed by atoms with van der Waals surface area (Å²) in [6, 6.07) is 20.3. The number of aromatic nitrogens is 2. The van der Waals surface area contributed by atoms with E-state index >= 15 is 0 Å². The number of nitrogens with one attached hydrogen (secondary N) is 1. The number of hydrogen-bond acceptors (Lipinski definition) is 5. The summed E-state index contributed by atoms with van der Waals surface area (Å²) in [7, 11) is 0. The fourth-order valence-corrected chi connectivity index (χ4v) is 2.01. The van der Waals surface area contributed by atoms with Crippen LogP contribution in [0.3, 0.4) is 0 Å². The number of para-hydroxylation sites is 1. The third kappa shape index (κ3) is 3.50. The Kier molecular flexibility index (Phi) is 4.26. The Morgan fingerprint density at radius 2 is 1.61 bits per heavy atom. The maximum atomic E-state index is 11.8. The second kappa shape index (κ2) is 6.67. The van der Waals surface area contributed by atoms with Crippen LogP contribution < -0.4 is 16.0 Å². The summed E-state index contributed by atoms with van der Waals surface area (Å²) in [5.74, 6) is 5.42. The van der Waals surface area contributed by atoms with Crippen LogP contribution in [-0.4, -0.2) is 15.9 Å². The number of benzene rings is 2. The minimum absolute atomic E-state index is 0.0558. The SMILES string of the molecule is NNC(=O)c1nc(Oc2ccccc2)cc(-c2ccccc2)n1. The van der Waals surface area contributed by atoms with Crippen LogP contribution >= 0.6 is 0 Å². The largest absolute Gasteiger partial charge is 0.439 e. The highest BCUT2D eigenvalue weighted by molar-refractivity contribution is 5.90. The van der Waals surface area contributed by atoms with Crippen molar-refractivity contribution in [2.75, 3.05) is 0 Å². The Bertz CT molecular complexity index is 807. The fraction of sp³-hybridized carbons (Fsp3) is 0. The first-order valence-corrected chi connectivity index (χ1v) is 6.94. The Morgan fingerprint density at radius 3 is 2.26 bits per heavy atom. The van der Waals surface area contributed by atoms with Crippen LogP contribution in [0.25, 0.3) is 11.3 Å². The number of nitrogens with zero attached hydrogens (tertiary/aromatic N) is 2. The van der Waals surface area contributed by atoms with Crippen molar-refractivity contribution in [3.63, 3.8) is 0 Å². The van der Waals surface area contributed by atoms with Crippen LogP contribution in [0.1, 0.15) is 10.6 Å². The van der Waals surface area contributed by atoms with Crippen molar-refractivity contribution in [3.05, 3.63) is 72.6 Å². The van der Waals surface area contributed by atoms with E-state index in [4.69, 9.17) is 10.6 Å². The summed E-state index contributed by atoms with van der Waals surface area (Å²) in [4.78, 5) is 20.1. The number of carbonyl (C=O) groups excluding carboxylic acids is 1. The fourth-order valence-electron chi connectivity index (χ4n) is 2.01. The first-order valence-electron chi connectivity index (χ1n) is 6.94. The minimum Gasteiger partial charge on any atom is -0.439 e. The van der Waals surface area contributed by atoms with Gasteiger partial charge in [0.05, 0.1) is 5.69 Å². The Hall–Kier alpha value is -3.25. The van der Waals surface area contributed by atoms with Gasteiger partial charge in [-0.25, -0.2) is 10.8 Å². The molecule has 114 valence electrons. The number of nitrogen functional groups attached to an aromatic ring is 1. The van der Waals surface area contributed by atoms with Crippen molar-refractivity contribution in [1.82, 2.24) is 15.4 Å². The highest BCUT2D eigenvalue weighted by atomic mass is 16.5. The second-order valence-electron chi connectivity index (χ2n) is 4.67. The number of hydrazine groups is 1. The first kappa shape index (κ1) is 14.7. The third-order valence-electron chi connectivity index (χ3n) is 3.07. The molecule has 0 aliphatic carbocycles. The number of amides is 1. The molecule has 1 heterocycles. The van der Waals surface area contributed by atoms with E-state index in [0.717, 1.165) is 5.56 Å². The number of hydrogen-bond donors (Lipinski definition) is 2. The molecule has 0 radical (unpaired) electrons. The van der Waals surface area contributed by atoms with Crippen LogP contribution in [0.5, 0.6) is 11.6 Å². The zero-order valence-electron chi connectivity index (χ0n) is 12.1. The Labute approximate surface area is 132 Å². The summed E-state index contributed by atoms with van der Waals surface area (Å²) in [5.41, 5.74) is 3.45. The van der Waals surface area contributed by atoms with E-state index in [1.54, 1.807) is 18.2 Å². The lowest BCUT2D eigenvalue weighted by molar-refractivity contribution is 0.0942. The molecule has 0 fully saturated rings. The molecular formula is C17H14N4O2. The highest BCUT2D eigenvalue weighted by Crippen LogP contribution is 2.24. The predicted molar refractivity (Wildman–Crippen MR) is 85.6 cm³/mol. The number of ether oxygens (including phenoxy) is 1. The van der Waals surface area contributed by atoms with Gasteiger partial charge < -0.3 is 4.74 Å². The van der Waals surface area contributed by atoms with Crippen LogP contribution in [0.2, 0.25) is 0 Å². The number of rotatable bonds is 4. The van der Waals surface area contributed by atoms with Crippen molar-refractivity contribution in [2.45, 2.75) is 0 Å². The van der Waals surface area contributed by atoms with Gasteiger partial charge in [0.25, 0.3) is 0 Å². The van der Waals surface area contributed by atoms with Crippen LogP contribution in [0, 0.1) is 0 Å². The molecule has 0 bridgehead atoms. The molecule has 0 spiro atoms. The van der Waals surface area contributed by atoms with Crippen LogP contribution in [0.15, 0.2) is 66.7 Å². The monoisotopic (exact) mass is 306 g/mol. The van der Waals surface area contributed by atoms with Gasteiger partial charge in [-0.1, -0.05) is 48.5 Å². The molecular weight excluding hydrogens is 292 g/mol. The Morgan fingerprint density at radius 1 is 0.957 bits per heavy atom. The standard InChI is InChI=1S/C17H14N4O2/c18-21-17(22)16-19-14(12-7-3-1-4-8-12)11-15(20-16)23-13-9-5-2-6-10-13/h1-11H,18H2,(H,21,22). The second-order valence-corrected chi connectivity index (χ2v) is 4.67. The zero-order valence-corrected chi connectivity index (χ0v) is 12.1. The summed E-state index contributed by atoms with van der Waals surface area (Å²) in [5, 5.41) is 0. The molecule has 1 amide bonds. The smallest absolute Gasteiger partial charge is 0.303 e. The van der Waals surface area contributed by atoms with E-state index in [2.05, 4.69) is 9.97 Å². The molecule has 23 heavy (non-hydrogen) atoms. The van der Waals surface area contributed by atoms with Crippen molar-refractivity contribution in [3.8, 4) is 22.9 Å². The molecule has 0 aliphatic rings. The highest BCUT2D eigenvalue weighted by Gasteiger charge is 2.13. The molecule has 1 aromatic heterocycles. The van der Waals surface area contributed by atoms with E-state index in [-0.39, 0.29) is 11.7 Å².